The van der Waals surface area contributed by atoms with Crippen LogP contribution >= 0.6 is 0 Å². The monoisotopic (exact) mass is 269 g/mol. The van der Waals surface area contributed by atoms with Gasteiger partial charge in [-0.2, -0.15) is 0 Å². The lowest BCUT2D eigenvalue weighted by molar-refractivity contribution is -0.140. The van der Waals surface area contributed by atoms with E-state index in [1.165, 1.54) is 51.4 Å². The predicted octanol–water partition coefficient (Wildman–Crippen LogP) is 4.53. The second kappa shape index (κ2) is 8.97. The molecule has 1 saturated carbocycles. The molecule has 0 aromatic rings. The van der Waals surface area contributed by atoms with Gasteiger partial charge in [0.15, 0.2) is 0 Å². The standard InChI is InChI=1S/C17H35NO/c1-5-9-10-11-12-13-19-16-14-15(18-8-4)17(16,6-2)7-3/h15-16,18H,5-14H2,1-4H3. The molecule has 0 amide bonds. The van der Waals surface area contributed by atoms with Gasteiger partial charge in [-0.15, -0.1) is 0 Å². The van der Waals surface area contributed by atoms with Crippen molar-refractivity contribution in [1.82, 2.24) is 5.32 Å². The average molecular weight is 269 g/mol. The van der Waals surface area contributed by atoms with Crippen LogP contribution in [0.2, 0.25) is 0 Å². The van der Waals surface area contributed by atoms with Crippen molar-refractivity contribution in [3.05, 3.63) is 0 Å². The first-order valence-corrected chi connectivity index (χ1v) is 8.60. The molecule has 2 heteroatoms. The van der Waals surface area contributed by atoms with E-state index in [4.69, 9.17) is 4.74 Å². The van der Waals surface area contributed by atoms with Gasteiger partial charge in [0.05, 0.1) is 6.10 Å². The molecule has 0 aromatic carbocycles. The van der Waals surface area contributed by atoms with Gasteiger partial charge >= 0.3 is 0 Å². The minimum absolute atomic E-state index is 0.402. The molecular weight excluding hydrogens is 234 g/mol. The molecule has 1 fully saturated rings. The van der Waals surface area contributed by atoms with Gasteiger partial charge in [-0.25, -0.2) is 0 Å². The van der Waals surface area contributed by atoms with Gasteiger partial charge in [0.2, 0.25) is 0 Å². The first-order valence-electron chi connectivity index (χ1n) is 8.60. The molecule has 0 saturated heterocycles. The molecule has 2 unspecified atom stereocenters. The second-order valence-electron chi connectivity index (χ2n) is 6.06. The Labute approximate surface area is 120 Å². The van der Waals surface area contributed by atoms with E-state index in [2.05, 4.69) is 33.0 Å². The number of nitrogens with one attached hydrogen (secondary N) is 1. The van der Waals surface area contributed by atoms with E-state index in [0.29, 0.717) is 17.6 Å². The topological polar surface area (TPSA) is 21.3 Å². The minimum atomic E-state index is 0.402. The molecule has 1 aliphatic carbocycles. The molecular formula is C17H35NO. The van der Waals surface area contributed by atoms with E-state index < -0.39 is 0 Å². The van der Waals surface area contributed by atoms with Crippen molar-refractivity contribution >= 4 is 0 Å². The molecule has 1 N–H and O–H groups in total. The Kier molecular flexibility index (Phi) is 8.01. The van der Waals surface area contributed by atoms with Crippen LogP contribution < -0.4 is 5.32 Å². The van der Waals surface area contributed by atoms with Crippen molar-refractivity contribution in [2.24, 2.45) is 5.41 Å². The van der Waals surface area contributed by atoms with Crippen LogP contribution in [0.3, 0.4) is 0 Å². The van der Waals surface area contributed by atoms with Crippen LogP contribution in [0, 0.1) is 5.41 Å². The zero-order chi connectivity index (χ0) is 14.1. The summed E-state index contributed by atoms with van der Waals surface area (Å²) in [5.74, 6) is 0. The van der Waals surface area contributed by atoms with Gasteiger partial charge in [0.25, 0.3) is 0 Å². The highest BCUT2D eigenvalue weighted by atomic mass is 16.5. The fourth-order valence-electron chi connectivity index (χ4n) is 3.64. The summed E-state index contributed by atoms with van der Waals surface area (Å²) in [5.41, 5.74) is 0.402. The SMILES string of the molecule is CCCCCCCOC1CC(NCC)C1(CC)CC. The quantitative estimate of drug-likeness (QED) is 0.556. The van der Waals surface area contributed by atoms with Crippen LogP contribution in [0.15, 0.2) is 0 Å². The number of hydrogen-bond donors (Lipinski definition) is 1. The molecule has 0 aliphatic heterocycles. The zero-order valence-corrected chi connectivity index (χ0v) is 13.6. The first-order chi connectivity index (χ1) is 9.25. The summed E-state index contributed by atoms with van der Waals surface area (Å²) >= 11 is 0. The summed E-state index contributed by atoms with van der Waals surface area (Å²) in [6.07, 6.45) is 10.8. The molecule has 114 valence electrons. The van der Waals surface area contributed by atoms with E-state index >= 15 is 0 Å². The number of ether oxygens (including phenoxy) is 1. The first kappa shape index (κ1) is 17.0. The van der Waals surface area contributed by atoms with Crippen molar-refractivity contribution < 1.29 is 4.74 Å². The van der Waals surface area contributed by atoms with Crippen molar-refractivity contribution in [3.63, 3.8) is 0 Å². The van der Waals surface area contributed by atoms with Gasteiger partial charge in [-0.1, -0.05) is 53.4 Å². The minimum Gasteiger partial charge on any atom is -0.378 e. The largest absolute Gasteiger partial charge is 0.378 e. The number of rotatable bonds is 11. The van der Waals surface area contributed by atoms with E-state index in [9.17, 15) is 0 Å². The van der Waals surface area contributed by atoms with Crippen LogP contribution in [0.5, 0.6) is 0 Å². The number of unbranched alkanes of at least 4 members (excludes halogenated alkanes) is 4. The average Bonchev–Trinajstić information content (AvgIpc) is 2.42. The van der Waals surface area contributed by atoms with Gasteiger partial charge in [-0.05, 0) is 32.2 Å². The Morgan fingerprint density at radius 3 is 2.26 bits per heavy atom. The summed E-state index contributed by atoms with van der Waals surface area (Å²) < 4.78 is 6.19. The maximum Gasteiger partial charge on any atom is 0.0661 e. The Morgan fingerprint density at radius 2 is 1.68 bits per heavy atom. The van der Waals surface area contributed by atoms with Crippen molar-refractivity contribution in [1.29, 1.82) is 0 Å². The fourth-order valence-corrected chi connectivity index (χ4v) is 3.64. The number of hydrogen-bond acceptors (Lipinski definition) is 2. The summed E-state index contributed by atoms with van der Waals surface area (Å²) in [5, 5.41) is 3.64. The molecule has 19 heavy (non-hydrogen) atoms. The third-order valence-corrected chi connectivity index (χ3v) is 5.12. The van der Waals surface area contributed by atoms with Crippen LogP contribution in [0.1, 0.15) is 79.1 Å². The lowest BCUT2D eigenvalue weighted by atomic mass is 9.58. The highest BCUT2D eigenvalue weighted by Gasteiger charge is 2.52. The molecule has 0 aromatic heterocycles. The molecule has 1 aliphatic rings. The van der Waals surface area contributed by atoms with Gasteiger partial charge in [-0.3, -0.25) is 0 Å². The second-order valence-corrected chi connectivity index (χ2v) is 6.06. The van der Waals surface area contributed by atoms with Crippen LogP contribution in [0.25, 0.3) is 0 Å². The van der Waals surface area contributed by atoms with Gasteiger partial charge in [0, 0.05) is 18.1 Å². The molecule has 2 atom stereocenters. The van der Waals surface area contributed by atoms with Crippen LogP contribution in [0.4, 0.5) is 0 Å². The lowest BCUT2D eigenvalue weighted by Gasteiger charge is -2.55. The molecule has 0 radical (unpaired) electrons. The molecule has 0 spiro atoms. The molecule has 0 heterocycles. The Morgan fingerprint density at radius 1 is 1.00 bits per heavy atom. The van der Waals surface area contributed by atoms with Crippen molar-refractivity contribution in [2.45, 2.75) is 91.2 Å². The highest BCUT2D eigenvalue weighted by molar-refractivity contribution is 5.06. The van der Waals surface area contributed by atoms with E-state index in [-0.39, 0.29) is 0 Å². The van der Waals surface area contributed by atoms with Crippen molar-refractivity contribution in [2.75, 3.05) is 13.2 Å². The maximum atomic E-state index is 6.19. The molecule has 0 bridgehead atoms. The van der Waals surface area contributed by atoms with E-state index in [1.54, 1.807) is 0 Å². The van der Waals surface area contributed by atoms with E-state index in [1.807, 2.05) is 0 Å². The zero-order valence-electron chi connectivity index (χ0n) is 13.6. The maximum absolute atomic E-state index is 6.19. The van der Waals surface area contributed by atoms with Gasteiger partial charge < -0.3 is 10.1 Å². The summed E-state index contributed by atoms with van der Waals surface area (Å²) in [4.78, 5) is 0. The van der Waals surface area contributed by atoms with Crippen LogP contribution in [-0.2, 0) is 4.74 Å². The Hall–Kier alpha value is -0.0800. The molecule has 2 nitrogen and oxygen atoms in total. The molecule has 1 rings (SSSR count). The third kappa shape index (κ3) is 4.19. The summed E-state index contributed by atoms with van der Waals surface area (Å²) in [6, 6.07) is 0.678. The summed E-state index contributed by atoms with van der Waals surface area (Å²) in [6.45, 7) is 11.2. The normalized spacial score (nSPS) is 25.3. The Bertz CT molecular complexity index is 225. The predicted molar refractivity (Wildman–Crippen MR) is 83.6 cm³/mol. The lowest BCUT2D eigenvalue weighted by Crippen LogP contribution is -2.63. The third-order valence-electron chi connectivity index (χ3n) is 5.12. The van der Waals surface area contributed by atoms with Gasteiger partial charge in [0.1, 0.15) is 0 Å². The summed E-state index contributed by atoms with van der Waals surface area (Å²) in [7, 11) is 0. The smallest absolute Gasteiger partial charge is 0.0661 e. The van der Waals surface area contributed by atoms with Crippen LogP contribution in [-0.4, -0.2) is 25.3 Å². The Balaban J connectivity index is 2.26. The fraction of sp³-hybridized carbons (Fsp3) is 1.00. The highest BCUT2D eigenvalue weighted by Crippen LogP contribution is 2.48. The van der Waals surface area contributed by atoms with Crippen molar-refractivity contribution in [3.8, 4) is 0 Å². The van der Waals surface area contributed by atoms with E-state index in [0.717, 1.165) is 13.2 Å².